The molecule has 2 heterocycles. The molecule has 1 unspecified atom stereocenters. The Bertz CT molecular complexity index is 421. The molecule has 5 heteroatoms. The number of thiophene rings is 1. The van der Waals surface area contributed by atoms with Crippen LogP contribution in [0.3, 0.4) is 0 Å². The number of nitrogens with one attached hydrogen (secondary N) is 1. The number of hydrogen-bond acceptors (Lipinski definition) is 4. The van der Waals surface area contributed by atoms with Crippen LogP contribution in [0.4, 0.5) is 0 Å². The van der Waals surface area contributed by atoms with E-state index in [1.54, 1.807) is 11.3 Å². The summed E-state index contributed by atoms with van der Waals surface area (Å²) in [6.45, 7) is 3.05. The van der Waals surface area contributed by atoms with Crippen LogP contribution in [-0.2, 0) is 13.0 Å². The molecule has 0 radical (unpaired) electrons. The van der Waals surface area contributed by atoms with Gasteiger partial charge in [0.2, 0.25) is 0 Å². The lowest BCUT2D eigenvalue weighted by Crippen LogP contribution is -2.30. The summed E-state index contributed by atoms with van der Waals surface area (Å²) in [5.74, 6) is 6.66. The van der Waals surface area contributed by atoms with E-state index < -0.39 is 0 Å². The largest absolute Gasteiger partial charge is 0.335 e. The summed E-state index contributed by atoms with van der Waals surface area (Å²) >= 11 is 1.68. The molecular weight excluding hydrogens is 220 g/mol. The number of nitrogens with zero attached hydrogens (tertiary/aromatic N) is 2. The predicted octanol–water partition coefficient (Wildman–Crippen LogP) is 1.71. The van der Waals surface area contributed by atoms with Crippen LogP contribution in [0, 0.1) is 0 Å². The smallest absolute Gasteiger partial charge is 0.110 e. The highest BCUT2D eigenvalue weighted by Crippen LogP contribution is 2.19. The topological polar surface area (TPSA) is 55.9 Å². The van der Waals surface area contributed by atoms with Crippen molar-refractivity contribution in [1.82, 2.24) is 15.0 Å². The summed E-state index contributed by atoms with van der Waals surface area (Å²) in [5, 5.41) is 4.18. The summed E-state index contributed by atoms with van der Waals surface area (Å²) in [6.07, 6.45) is 4.64. The van der Waals surface area contributed by atoms with Gasteiger partial charge in [0, 0.05) is 25.4 Å². The first kappa shape index (κ1) is 11.3. The fraction of sp³-hybridized carbons (Fsp3) is 0.364. The van der Waals surface area contributed by atoms with E-state index >= 15 is 0 Å². The maximum atomic E-state index is 5.59. The third-order valence-corrected chi connectivity index (χ3v) is 3.38. The maximum absolute atomic E-state index is 5.59. The highest BCUT2D eigenvalue weighted by molar-refractivity contribution is 7.07. The van der Waals surface area contributed by atoms with Gasteiger partial charge in [-0.05, 0) is 29.3 Å². The van der Waals surface area contributed by atoms with Gasteiger partial charge in [-0.3, -0.25) is 11.3 Å². The molecule has 0 bridgehead atoms. The Morgan fingerprint density at radius 1 is 1.62 bits per heavy atom. The normalized spacial score (nSPS) is 12.9. The Morgan fingerprint density at radius 2 is 2.50 bits per heavy atom. The average molecular weight is 236 g/mol. The number of imidazole rings is 1. The lowest BCUT2D eigenvalue weighted by Gasteiger charge is -2.14. The van der Waals surface area contributed by atoms with Gasteiger partial charge in [0.25, 0.3) is 0 Å². The van der Waals surface area contributed by atoms with Crippen LogP contribution in [-0.4, -0.2) is 9.55 Å². The van der Waals surface area contributed by atoms with Gasteiger partial charge >= 0.3 is 0 Å². The minimum absolute atomic E-state index is 0.138. The maximum Gasteiger partial charge on any atom is 0.110 e. The summed E-state index contributed by atoms with van der Waals surface area (Å²) < 4.78 is 2.14. The van der Waals surface area contributed by atoms with Crippen molar-refractivity contribution in [3.8, 4) is 0 Å². The molecule has 2 aromatic rings. The van der Waals surface area contributed by atoms with E-state index in [2.05, 4.69) is 38.7 Å². The SMILES string of the molecule is CCn1ccnc1CC(NN)c1ccsc1. The minimum Gasteiger partial charge on any atom is -0.335 e. The molecule has 86 valence electrons. The zero-order chi connectivity index (χ0) is 11.4. The summed E-state index contributed by atoms with van der Waals surface area (Å²) in [4.78, 5) is 4.36. The monoisotopic (exact) mass is 236 g/mol. The molecule has 3 N–H and O–H groups in total. The van der Waals surface area contributed by atoms with Crippen LogP contribution >= 0.6 is 11.3 Å². The Balaban J connectivity index is 2.13. The van der Waals surface area contributed by atoms with Crippen LogP contribution in [0.15, 0.2) is 29.2 Å². The van der Waals surface area contributed by atoms with Gasteiger partial charge in [0.1, 0.15) is 5.82 Å². The van der Waals surface area contributed by atoms with Crippen LogP contribution in [0.5, 0.6) is 0 Å². The van der Waals surface area contributed by atoms with Crippen molar-refractivity contribution in [2.75, 3.05) is 0 Å². The Morgan fingerprint density at radius 3 is 3.12 bits per heavy atom. The van der Waals surface area contributed by atoms with E-state index in [1.165, 1.54) is 5.56 Å². The van der Waals surface area contributed by atoms with Crippen molar-refractivity contribution < 1.29 is 0 Å². The zero-order valence-electron chi connectivity index (χ0n) is 9.26. The summed E-state index contributed by atoms with van der Waals surface area (Å²) in [7, 11) is 0. The van der Waals surface area contributed by atoms with Crippen molar-refractivity contribution in [3.05, 3.63) is 40.6 Å². The van der Waals surface area contributed by atoms with Crippen LogP contribution in [0.25, 0.3) is 0 Å². The molecule has 0 saturated carbocycles. The molecule has 0 aromatic carbocycles. The number of aromatic nitrogens is 2. The average Bonchev–Trinajstić information content (AvgIpc) is 2.96. The summed E-state index contributed by atoms with van der Waals surface area (Å²) in [6, 6.07) is 2.23. The molecule has 0 spiro atoms. The molecule has 2 aromatic heterocycles. The molecule has 0 aliphatic rings. The van der Waals surface area contributed by atoms with Gasteiger partial charge in [0.05, 0.1) is 6.04 Å². The Kier molecular flexibility index (Phi) is 3.71. The first-order valence-electron chi connectivity index (χ1n) is 5.33. The molecule has 0 fully saturated rings. The highest BCUT2D eigenvalue weighted by atomic mass is 32.1. The van der Waals surface area contributed by atoms with E-state index in [4.69, 9.17) is 5.84 Å². The van der Waals surface area contributed by atoms with Crippen LogP contribution in [0.1, 0.15) is 24.4 Å². The van der Waals surface area contributed by atoms with Crippen molar-refractivity contribution >= 4 is 11.3 Å². The molecule has 0 saturated heterocycles. The van der Waals surface area contributed by atoms with Gasteiger partial charge in [-0.25, -0.2) is 4.98 Å². The first-order valence-corrected chi connectivity index (χ1v) is 6.27. The second-order valence-electron chi connectivity index (χ2n) is 3.61. The second-order valence-corrected chi connectivity index (χ2v) is 4.39. The molecular formula is C11H16N4S. The van der Waals surface area contributed by atoms with Crippen molar-refractivity contribution in [1.29, 1.82) is 0 Å². The molecule has 0 aliphatic heterocycles. The van der Waals surface area contributed by atoms with Crippen LogP contribution < -0.4 is 11.3 Å². The van der Waals surface area contributed by atoms with E-state index in [0.29, 0.717) is 0 Å². The van der Waals surface area contributed by atoms with Crippen molar-refractivity contribution in [3.63, 3.8) is 0 Å². The molecule has 0 amide bonds. The number of nitrogens with two attached hydrogens (primary N) is 1. The number of hydrogen-bond donors (Lipinski definition) is 2. The van der Waals surface area contributed by atoms with Gasteiger partial charge in [-0.1, -0.05) is 0 Å². The lowest BCUT2D eigenvalue weighted by molar-refractivity contribution is 0.524. The third-order valence-electron chi connectivity index (χ3n) is 2.68. The zero-order valence-corrected chi connectivity index (χ0v) is 10.1. The molecule has 16 heavy (non-hydrogen) atoms. The lowest BCUT2D eigenvalue weighted by atomic mass is 10.1. The number of rotatable bonds is 5. The number of hydrazine groups is 1. The molecule has 1 atom stereocenters. The Labute approximate surface area is 99.1 Å². The second kappa shape index (κ2) is 5.25. The third kappa shape index (κ3) is 2.32. The van der Waals surface area contributed by atoms with E-state index in [9.17, 15) is 0 Å². The molecule has 4 nitrogen and oxygen atoms in total. The quantitative estimate of drug-likeness (QED) is 0.614. The van der Waals surface area contributed by atoms with Gasteiger partial charge in [0.15, 0.2) is 0 Å². The van der Waals surface area contributed by atoms with Crippen molar-refractivity contribution in [2.45, 2.75) is 25.9 Å². The van der Waals surface area contributed by atoms with Crippen molar-refractivity contribution in [2.24, 2.45) is 5.84 Å². The van der Waals surface area contributed by atoms with Gasteiger partial charge < -0.3 is 4.57 Å². The predicted molar refractivity (Wildman–Crippen MR) is 66.0 cm³/mol. The molecule has 2 rings (SSSR count). The highest BCUT2D eigenvalue weighted by Gasteiger charge is 2.13. The minimum atomic E-state index is 0.138. The fourth-order valence-electron chi connectivity index (χ4n) is 1.75. The molecule has 0 aliphatic carbocycles. The van der Waals surface area contributed by atoms with Gasteiger partial charge in [-0.15, -0.1) is 0 Å². The first-order chi connectivity index (χ1) is 7.85. The van der Waals surface area contributed by atoms with Crippen LogP contribution in [0.2, 0.25) is 0 Å². The number of aryl methyl sites for hydroxylation is 1. The van der Waals surface area contributed by atoms with E-state index in [-0.39, 0.29) is 6.04 Å². The van der Waals surface area contributed by atoms with E-state index in [0.717, 1.165) is 18.8 Å². The Hall–Kier alpha value is -1.17. The summed E-state index contributed by atoms with van der Waals surface area (Å²) in [5.41, 5.74) is 4.07. The van der Waals surface area contributed by atoms with Gasteiger partial charge in [-0.2, -0.15) is 11.3 Å². The standard InChI is InChI=1S/C11H16N4S/c1-2-15-5-4-13-11(15)7-10(14-12)9-3-6-16-8-9/h3-6,8,10,14H,2,7,12H2,1H3. The fourth-order valence-corrected chi connectivity index (χ4v) is 2.46. The van der Waals surface area contributed by atoms with E-state index in [1.807, 2.05) is 12.4 Å².